The number of benzene rings is 1. The van der Waals surface area contributed by atoms with Crippen LogP contribution in [-0.2, 0) is 24.3 Å². The minimum absolute atomic E-state index is 0.283. The molecule has 1 aromatic carbocycles. The van der Waals surface area contributed by atoms with Gasteiger partial charge in [-0.1, -0.05) is 12.1 Å². The summed E-state index contributed by atoms with van der Waals surface area (Å²) in [5, 5.41) is 0. The molecule has 2 spiro atoms. The van der Waals surface area contributed by atoms with E-state index in [1.54, 1.807) is 0 Å². The molecule has 0 aromatic heterocycles. The minimum atomic E-state index is -2.81. The summed E-state index contributed by atoms with van der Waals surface area (Å²) in [6.45, 7) is 2.82. The van der Waals surface area contributed by atoms with E-state index in [0.29, 0.717) is 37.5 Å². The van der Waals surface area contributed by atoms with Gasteiger partial charge in [0.05, 0.1) is 18.1 Å². The largest absolute Gasteiger partial charge is 0.494 e. The predicted octanol–water partition coefficient (Wildman–Crippen LogP) is 4.67. The van der Waals surface area contributed by atoms with Gasteiger partial charge in [0.25, 0.3) is 0 Å². The van der Waals surface area contributed by atoms with E-state index in [0.717, 1.165) is 56.2 Å². The third kappa shape index (κ3) is 4.75. The van der Waals surface area contributed by atoms with Crippen molar-refractivity contribution in [3.05, 3.63) is 29.8 Å². The lowest BCUT2D eigenvalue weighted by molar-refractivity contribution is -0.390. The minimum Gasteiger partial charge on any atom is -0.494 e. The van der Waals surface area contributed by atoms with Gasteiger partial charge in [-0.05, 0) is 86.8 Å². The Morgan fingerprint density at radius 2 is 1.54 bits per heavy atom. The van der Waals surface area contributed by atoms with Crippen LogP contribution in [0.15, 0.2) is 24.3 Å². The van der Waals surface area contributed by atoms with Gasteiger partial charge in [0.2, 0.25) is 11.6 Å². The topological polar surface area (TPSA) is 74.3 Å². The highest BCUT2D eigenvalue weighted by Crippen LogP contribution is 2.64. The highest BCUT2D eigenvalue weighted by atomic mass is 32.2. The van der Waals surface area contributed by atoms with Crippen molar-refractivity contribution in [3.63, 3.8) is 0 Å². The molecule has 8 heteroatoms. The van der Waals surface area contributed by atoms with Crippen LogP contribution in [0, 0.1) is 23.7 Å². The Labute approximate surface area is 221 Å². The molecule has 7 fully saturated rings. The average Bonchev–Trinajstić information content (AvgIpc) is 3.26. The van der Waals surface area contributed by atoms with E-state index in [2.05, 4.69) is 29.2 Å². The van der Waals surface area contributed by atoms with E-state index in [1.165, 1.54) is 37.7 Å². The Morgan fingerprint density at radius 3 is 2.19 bits per heavy atom. The summed E-state index contributed by atoms with van der Waals surface area (Å²) in [4.78, 5) is 14.5. The molecular formula is C29H41NO6S. The van der Waals surface area contributed by atoms with Gasteiger partial charge < -0.3 is 14.4 Å². The van der Waals surface area contributed by atoms with Crippen LogP contribution in [0.1, 0.15) is 75.7 Å². The lowest BCUT2D eigenvalue weighted by Gasteiger charge is -2.57. The molecule has 0 radical (unpaired) electrons. The zero-order valence-corrected chi connectivity index (χ0v) is 22.6. The molecule has 2 saturated heterocycles. The fourth-order valence-corrected chi connectivity index (χ4v) is 9.75. The number of nitrogens with zero attached hydrogens (tertiary/aromatic N) is 1. The molecule has 5 aliphatic carbocycles. The molecule has 0 amide bonds. The fourth-order valence-electron chi connectivity index (χ4n) is 8.47. The number of hydrogen-bond donors (Lipinski definition) is 0. The van der Waals surface area contributed by atoms with Gasteiger partial charge >= 0.3 is 0 Å². The summed E-state index contributed by atoms with van der Waals surface area (Å²) >= 11 is 0. The fraction of sp³-hybridized carbons (Fsp3) is 0.793. The van der Waals surface area contributed by atoms with Crippen molar-refractivity contribution >= 4 is 9.84 Å². The third-order valence-electron chi connectivity index (χ3n) is 10.4. The van der Waals surface area contributed by atoms with Gasteiger partial charge in [-0.2, -0.15) is 9.78 Å². The Kier molecular flexibility index (Phi) is 6.36. The summed E-state index contributed by atoms with van der Waals surface area (Å²) in [6, 6.07) is 8.59. The maximum atomic E-state index is 11.6. The lowest BCUT2D eigenvalue weighted by Crippen LogP contribution is -2.59. The van der Waals surface area contributed by atoms with Crippen molar-refractivity contribution in [2.45, 2.75) is 81.7 Å². The van der Waals surface area contributed by atoms with E-state index in [1.807, 2.05) is 0 Å². The molecule has 1 aromatic rings. The zero-order valence-electron chi connectivity index (χ0n) is 21.8. The molecule has 4 bridgehead atoms. The maximum absolute atomic E-state index is 11.6. The SMILES string of the molecule is O=S1(=O)CCN(CCCOc2ccc(C3CCC4(CC3)OOC3(O4)C4CC5CC(C4)CC3C5)cc2)CC1. The predicted molar refractivity (Wildman–Crippen MR) is 139 cm³/mol. The van der Waals surface area contributed by atoms with Crippen molar-refractivity contribution in [3.8, 4) is 5.75 Å². The molecular weight excluding hydrogens is 490 g/mol. The Hall–Kier alpha value is -1.19. The monoisotopic (exact) mass is 531 g/mol. The molecule has 2 heterocycles. The van der Waals surface area contributed by atoms with Crippen molar-refractivity contribution in [2.75, 3.05) is 37.7 Å². The van der Waals surface area contributed by atoms with Gasteiger partial charge in [-0.3, -0.25) is 0 Å². The molecule has 0 unspecified atom stereocenters. The number of hydrogen-bond acceptors (Lipinski definition) is 7. The van der Waals surface area contributed by atoms with E-state index >= 15 is 0 Å². The smallest absolute Gasteiger partial charge is 0.210 e. The molecule has 8 rings (SSSR count). The van der Waals surface area contributed by atoms with Crippen molar-refractivity contribution in [1.82, 2.24) is 4.90 Å². The van der Waals surface area contributed by atoms with Crippen LogP contribution in [-0.4, -0.2) is 62.6 Å². The molecule has 5 saturated carbocycles. The van der Waals surface area contributed by atoms with Gasteiger partial charge in [0.1, 0.15) is 5.75 Å². The quantitative estimate of drug-likeness (QED) is 0.390. The Bertz CT molecular complexity index is 1040. The maximum Gasteiger partial charge on any atom is 0.210 e. The van der Waals surface area contributed by atoms with Crippen LogP contribution < -0.4 is 4.74 Å². The second-order valence-corrected chi connectivity index (χ2v) is 15.0. The summed E-state index contributed by atoms with van der Waals surface area (Å²) < 4.78 is 36.0. The first-order valence-electron chi connectivity index (χ1n) is 14.6. The van der Waals surface area contributed by atoms with Crippen LogP contribution in [0.3, 0.4) is 0 Å². The van der Waals surface area contributed by atoms with E-state index in [4.69, 9.17) is 19.2 Å². The second-order valence-electron chi connectivity index (χ2n) is 12.7. The van der Waals surface area contributed by atoms with Crippen molar-refractivity contribution < 1.29 is 27.7 Å². The van der Waals surface area contributed by atoms with Gasteiger partial charge in [0, 0.05) is 44.3 Å². The number of sulfone groups is 1. The summed E-state index contributed by atoms with van der Waals surface area (Å²) in [5.74, 6) is 3.77. The summed E-state index contributed by atoms with van der Waals surface area (Å²) in [7, 11) is -2.81. The van der Waals surface area contributed by atoms with Gasteiger partial charge in [-0.25, -0.2) is 8.42 Å². The number of ether oxygens (including phenoxy) is 2. The van der Waals surface area contributed by atoms with Crippen molar-refractivity contribution in [2.24, 2.45) is 23.7 Å². The number of rotatable bonds is 6. The van der Waals surface area contributed by atoms with E-state index in [-0.39, 0.29) is 11.5 Å². The molecule has 0 N–H and O–H groups in total. The molecule has 37 heavy (non-hydrogen) atoms. The Balaban J connectivity index is 0.880. The van der Waals surface area contributed by atoms with Crippen LogP contribution in [0.25, 0.3) is 0 Å². The second kappa shape index (κ2) is 9.47. The average molecular weight is 532 g/mol. The first kappa shape index (κ1) is 24.8. The summed E-state index contributed by atoms with van der Waals surface area (Å²) in [6.07, 6.45) is 11.2. The van der Waals surface area contributed by atoms with Crippen LogP contribution in [0.2, 0.25) is 0 Å². The summed E-state index contributed by atoms with van der Waals surface area (Å²) in [5.41, 5.74) is 1.36. The van der Waals surface area contributed by atoms with Gasteiger partial charge in [-0.15, -0.1) is 0 Å². The highest BCUT2D eigenvalue weighted by molar-refractivity contribution is 7.91. The van der Waals surface area contributed by atoms with Crippen LogP contribution >= 0.6 is 0 Å². The normalized spacial score (nSPS) is 42.5. The first-order valence-corrected chi connectivity index (χ1v) is 16.5. The van der Waals surface area contributed by atoms with E-state index < -0.39 is 21.4 Å². The zero-order chi connectivity index (χ0) is 25.1. The van der Waals surface area contributed by atoms with Crippen LogP contribution in [0.5, 0.6) is 5.75 Å². The van der Waals surface area contributed by atoms with Crippen molar-refractivity contribution in [1.29, 1.82) is 0 Å². The van der Waals surface area contributed by atoms with E-state index in [9.17, 15) is 8.42 Å². The molecule has 7 nitrogen and oxygen atoms in total. The Morgan fingerprint density at radius 1 is 0.892 bits per heavy atom. The molecule has 204 valence electrons. The molecule has 2 aliphatic heterocycles. The molecule has 7 aliphatic rings. The third-order valence-corrected chi connectivity index (χ3v) is 12.0. The molecule has 0 atom stereocenters. The van der Waals surface area contributed by atoms with Crippen LogP contribution in [0.4, 0.5) is 0 Å². The lowest BCUT2D eigenvalue weighted by atomic mass is 9.53. The highest BCUT2D eigenvalue weighted by Gasteiger charge is 2.66. The standard InChI is InChI=1S/C29H41NO6S/c31-37(32)14-11-30(12-15-37)10-1-13-33-27-4-2-23(3-5-27)24-6-8-28(9-7-24)34-29(36-35-28)25-17-21-16-22(19-25)20-26(29)18-21/h2-5,21-22,24-26H,1,6-20H2. The first-order chi connectivity index (χ1) is 17.9. The van der Waals surface area contributed by atoms with Gasteiger partial charge in [0.15, 0.2) is 9.84 Å².